The molecular weight excluding hydrogens is 135 g/mol. The van der Waals surface area contributed by atoms with Gasteiger partial charge < -0.3 is 4.75 Å². The maximum Gasteiger partial charge on any atom is 0.181 e. The molecule has 0 aliphatic carbocycles. The van der Waals surface area contributed by atoms with Crippen LogP contribution >= 0.6 is 8.51 Å². The van der Waals surface area contributed by atoms with Crippen molar-refractivity contribution in [1.29, 1.82) is 10.5 Å². The van der Waals surface area contributed by atoms with Gasteiger partial charge in [0.05, 0.1) is 0 Å². The zero-order chi connectivity index (χ0) is 6.69. The van der Waals surface area contributed by atoms with Gasteiger partial charge in [0.1, 0.15) is 20.6 Å². The first-order valence-electron chi connectivity index (χ1n) is 2.09. The van der Waals surface area contributed by atoms with Gasteiger partial charge in [0.2, 0.25) is 0 Å². The third-order valence-corrected chi connectivity index (χ3v) is 1.39. The first kappa shape index (κ1) is 5.75. The van der Waals surface area contributed by atoms with Crippen LogP contribution < -0.4 is 0 Å². The van der Waals surface area contributed by atoms with Crippen molar-refractivity contribution in [3.63, 3.8) is 0 Å². The average molecular weight is 136 g/mol. The highest BCUT2D eigenvalue weighted by molar-refractivity contribution is 7.20. The van der Waals surface area contributed by atoms with Crippen molar-refractivity contribution in [2.75, 3.05) is 0 Å². The minimum Gasteiger partial charge on any atom is -0.311 e. The lowest BCUT2D eigenvalue weighted by molar-refractivity contribution is 1.34. The third-order valence-electron chi connectivity index (χ3n) is 0.766. The number of H-pyrrole nitrogens is 1. The highest BCUT2D eigenvalue weighted by Crippen LogP contribution is 2.04. The number of nitriles is 2. The van der Waals surface area contributed by atoms with E-state index in [-0.39, 0.29) is 11.4 Å². The summed E-state index contributed by atoms with van der Waals surface area (Å²) in [5.41, 5.74) is 0.457. The molecule has 0 unspecified atom stereocenters. The van der Waals surface area contributed by atoms with E-state index in [2.05, 4.69) is 9.49 Å². The lowest BCUT2D eigenvalue weighted by Gasteiger charge is -1.72. The second kappa shape index (κ2) is 2.26. The van der Waals surface area contributed by atoms with Crippen molar-refractivity contribution in [1.82, 2.24) is 9.49 Å². The van der Waals surface area contributed by atoms with E-state index < -0.39 is 0 Å². The highest BCUT2D eigenvalue weighted by Gasteiger charge is 2.00. The Morgan fingerprint density at radius 3 is 2.67 bits per heavy atom. The van der Waals surface area contributed by atoms with Gasteiger partial charge in [0, 0.05) is 0 Å². The van der Waals surface area contributed by atoms with Gasteiger partial charge in [0.15, 0.2) is 11.4 Å². The highest BCUT2D eigenvalue weighted by atomic mass is 31.1. The molecule has 0 saturated heterocycles. The fraction of sp³-hybridized carbons (Fsp3) is 0. The molecule has 0 saturated carbocycles. The minimum atomic E-state index is 0.194. The summed E-state index contributed by atoms with van der Waals surface area (Å²) >= 11 is 0. The molecular formula is C4HN4P. The van der Waals surface area contributed by atoms with Crippen LogP contribution in [0.4, 0.5) is 0 Å². The summed E-state index contributed by atoms with van der Waals surface area (Å²) < 4.78 is 6.27. The molecule has 5 heteroatoms. The number of nitrogens with zero attached hydrogens (tertiary/aromatic N) is 3. The Bertz CT molecular complexity index is 260. The molecule has 9 heavy (non-hydrogen) atoms. The Hall–Kier alpha value is -1.38. The van der Waals surface area contributed by atoms with E-state index >= 15 is 0 Å². The molecule has 1 aromatic rings. The predicted octanol–water partition coefficient (Wildman–Crippen LogP) is 0.733. The fourth-order valence-electron chi connectivity index (χ4n) is 0.384. The number of rotatable bonds is 0. The topological polar surface area (TPSA) is 76.3 Å². The molecule has 0 spiro atoms. The third kappa shape index (κ3) is 0.887. The van der Waals surface area contributed by atoms with E-state index in [9.17, 15) is 0 Å². The summed E-state index contributed by atoms with van der Waals surface area (Å²) in [6, 6.07) is 3.60. The zero-order valence-electron chi connectivity index (χ0n) is 4.29. The molecule has 0 fully saturated rings. The molecule has 0 atom stereocenters. The summed E-state index contributed by atoms with van der Waals surface area (Å²) in [5.74, 6) is 0. The van der Waals surface area contributed by atoms with Gasteiger partial charge in [-0.1, -0.05) is 0 Å². The Morgan fingerprint density at radius 2 is 2.22 bits per heavy atom. The fourth-order valence-corrected chi connectivity index (χ4v) is 0.935. The van der Waals surface area contributed by atoms with E-state index in [4.69, 9.17) is 10.5 Å². The largest absolute Gasteiger partial charge is 0.311 e. The van der Waals surface area contributed by atoms with Gasteiger partial charge in [-0.05, 0) is 0 Å². The molecule has 0 aromatic carbocycles. The second-order valence-electron chi connectivity index (χ2n) is 1.26. The Balaban J connectivity index is 3.22. The summed E-state index contributed by atoms with van der Waals surface area (Å²) in [5, 5.41) is 16.6. The summed E-state index contributed by atoms with van der Waals surface area (Å²) in [7, 11) is 0.567. The van der Waals surface area contributed by atoms with E-state index in [1.54, 1.807) is 6.07 Å². The predicted molar refractivity (Wildman–Crippen MR) is 30.5 cm³/mol. The Kier molecular flexibility index (Phi) is 1.44. The van der Waals surface area contributed by atoms with Crippen molar-refractivity contribution >= 4 is 8.51 Å². The van der Waals surface area contributed by atoms with Gasteiger partial charge >= 0.3 is 0 Å². The molecule has 0 bridgehead atoms. The number of hydrogen-bond donors (Lipinski definition) is 1. The molecule has 42 valence electrons. The standard InChI is InChI=1S/C4HN4P/c5-1-3-4(2-6)8-9-7-3/h(H,7,8). The van der Waals surface area contributed by atoms with Crippen molar-refractivity contribution in [2.45, 2.75) is 0 Å². The van der Waals surface area contributed by atoms with Crippen LogP contribution in [-0.2, 0) is 0 Å². The van der Waals surface area contributed by atoms with Crippen molar-refractivity contribution in [3.8, 4) is 12.1 Å². The Morgan fingerprint density at radius 1 is 1.44 bits per heavy atom. The van der Waals surface area contributed by atoms with Crippen LogP contribution in [0.3, 0.4) is 0 Å². The normalized spacial score (nSPS) is 7.78. The average Bonchev–Trinajstić information content (AvgIpc) is 2.33. The maximum absolute atomic E-state index is 8.28. The van der Waals surface area contributed by atoms with Crippen molar-refractivity contribution < 1.29 is 0 Å². The molecule has 1 rings (SSSR count). The first-order valence-corrected chi connectivity index (χ1v) is 2.94. The van der Waals surface area contributed by atoms with Crippen LogP contribution in [0, 0.1) is 22.7 Å². The first-order chi connectivity index (χ1) is 4.38. The SMILES string of the molecule is N#Cc1np[nH]c1C#N. The molecule has 0 aliphatic heterocycles. The monoisotopic (exact) mass is 136 g/mol. The van der Waals surface area contributed by atoms with E-state index in [0.29, 0.717) is 8.51 Å². The number of aromatic amines is 1. The zero-order valence-corrected chi connectivity index (χ0v) is 5.18. The second-order valence-corrected chi connectivity index (χ2v) is 1.88. The number of aromatic nitrogens is 2. The van der Waals surface area contributed by atoms with Gasteiger partial charge in [-0.3, -0.25) is 0 Å². The molecule has 0 amide bonds. The van der Waals surface area contributed by atoms with Gasteiger partial charge in [0.25, 0.3) is 0 Å². The van der Waals surface area contributed by atoms with Gasteiger partial charge in [-0.15, -0.1) is 0 Å². The summed E-state index contributed by atoms with van der Waals surface area (Å²) in [6.45, 7) is 0. The van der Waals surface area contributed by atoms with E-state index in [1.807, 2.05) is 6.07 Å². The van der Waals surface area contributed by atoms with E-state index in [1.165, 1.54) is 0 Å². The number of nitrogens with one attached hydrogen (secondary N) is 1. The van der Waals surface area contributed by atoms with Crippen molar-refractivity contribution in [3.05, 3.63) is 11.4 Å². The molecule has 0 aliphatic rings. The van der Waals surface area contributed by atoms with Crippen LogP contribution in [0.25, 0.3) is 0 Å². The molecule has 1 heterocycles. The Labute approximate surface area is 53.0 Å². The summed E-state index contributed by atoms with van der Waals surface area (Å²) in [6.07, 6.45) is 0. The van der Waals surface area contributed by atoms with Crippen LogP contribution in [-0.4, -0.2) is 9.49 Å². The minimum absolute atomic E-state index is 0.194. The van der Waals surface area contributed by atoms with Gasteiger partial charge in [-0.2, -0.15) is 15.3 Å². The van der Waals surface area contributed by atoms with Crippen molar-refractivity contribution in [2.24, 2.45) is 0 Å². The molecule has 1 aromatic heterocycles. The molecule has 1 N–H and O–H groups in total. The van der Waals surface area contributed by atoms with Crippen LogP contribution in [0.5, 0.6) is 0 Å². The lowest BCUT2D eigenvalue weighted by Crippen LogP contribution is -1.77. The quantitative estimate of drug-likeness (QED) is 0.571. The lowest BCUT2D eigenvalue weighted by atomic mass is 10.4. The van der Waals surface area contributed by atoms with Crippen LogP contribution in [0.1, 0.15) is 11.4 Å². The molecule has 0 radical (unpaired) electrons. The number of hydrogen-bond acceptors (Lipinski definition) is 3. The maximum atomic E-state index is 8.28. The van der Waals surface area contributed by atoms with E-state index in [0.717, 1.165) is 0 Å². The molecule has 4 nitrogen and oxygen atoms in total. The van der Waals surface area contributed by atoms with Crippen LogP contribution in [0.2, 0.25) is 0 Å². The summed E-state index contributed by atoms with van der Waals surface area (Å²) in [4.78, 5) is 0. The van der Waals surface area contributed by atoms with Crippen LogP contribution in [0.15, 0.2) is 0 Å². The smallest absolute Gasteiger partial charge is 0.181 e. The van der Waals surface area contributed by atoms with Gasteiger partial charge in [-0.25, -0.2) is 0 Å².